The van der Waals surface area contributed by atoms with Crippen molar-refractivity contribution < 1.29 is 9.59 Å². The van der Waals surface area contributed by atoms with Crippen molar-refractivity contribution in [2.75, 3.05) is 30.8 Å². The number of nitrogens with one attached hydrogen (secondary N) is 1. The molecule has 0 aromatic carbocycles. The van der Waals surface area contributed by atoms with E-state index in [1.54, 1.807) is 11.9 Å². The molecule has 7 nitrogen and oxygen atoms in total. The summed E-state index contributed by atoms with van der Waals surface area (Å²) in [4.78, 5) is 28.8. The summed E-state index contributed by atoms with van der Waals surface area (Å²) in [5.41, 5.74) is 11.5. The van der Waals surface area contributed by atoms with Crippen LogP contribution in [0.15, 0.2) is 12.3 Å². The number of primary amides is 1. The van der Waals surface area contributed by atoms with Crippen LogP contribution in [0.3, 0.4) is 0 Å². The second kappa shape index (κ2) is 6.58. The summed E-state index contributed by atoms with van der Waals surface area (Å²) >= 11 is 0. The molecule has 1 heterocycles. The van der Waals surface area contributed by atoms with Crippen molar-refractivity contribution in [3.8, 4) is 0 Å². The quantitative estimate of drug-likeness (QED) is 0.654. The Morgan fingerprint density at radius 3 is 2.68 bits per heavy atom. The van der Waals surface area contributed by atoms with Crippen molar-refractivity contribution >= 4 is 23.3 Å². The van der Waals surface area contributed by atoms with Gasteiger partial charge in [-0.15, -0.1) is 0 Å². The minimum absolute atomic E-state index is 0.113. The number of nitrogens with zero attached hydrogens (tertiary/aromatic N) is 2. The standard InChI is InChI=1S/C12H19N5O2/c1-3-4-17(7-10(18)15-2)12-9(11(14)19)5-8(13)6-16-12/h5-6H,3-4,7,13H2,1-2H3,(H2,14,19)(H,15,18). The maximum absolute atomic E-state index is 11.5. The van der Waals surface area contributed by atoms with Crippen molar-refractivity contribution in [2.45, 2.75) is 13.3 Å². The molecule has 0 atom stereocenters. The number of rotatable bonds is 6. The van der Waals surface area contributed by atoms with E-state index in [1.807, 2.05) is 6.92 Å². The minimum atomic E-state index is -0.618. The molecule has 104 valence electrons. The Labute approximate surface area is 112 Å². The third-order valence-electron chi connectivity index (χ3n) is 2.56. The molecule has 2 amide bonds. The van der Waals surface area contributed by atoms with E-state index in [0.29, 0.717) is 18.1 Å². The number of hydrogen-bond donors (Lipinski definition) is 3. The van der Waals surface area contributed by atoms with Gasteiger partial charge in [0.05, 0.1) is 24.0 Å². The number of carbonyl (C=O) groups is 2. The van der Waals surface area contributed by atoms with Crippen LogP contribution in [-0.4, -0.2) is 36.9 Å². The van der Waals surface area contributed by atoms with E-state index in [1.165, 1.54) is 12.3 Å². The predicted octanol–water partition coefficient (Wildman–Crippen LogP) is -0.275. The highest BCUT2D eigenvalue weighted by molar-refractivity contribution is 5.99. The monoisotopic (exact) mass is 265 g/mol. The molecule has 0 aliphatic heterocycles. The van der Waals surface area contributed by atoms with E-state index >= 15 is 0 Å². The van der Waals surface area contributed by atoms with Crippen molar-refractivity contribution in [1.82, 2.24) is 10.3 Å². The number of aromatic nitrogens is 1. The normalized spacial score (nSPS) is 10.0. The molecular formula is C12H19N5O2. The van der Waals surface area contributed by atoms with Crippen LogP contribution in [0.5, 0.6) is 0 Å². The number of hydrogen-bond acceptors (Lipinski definition) is 5. The number of likely N-dealkylation sites (N-methyl/N-ethyl adjacent to an activating group) is 1. The number of nitrogen functional groups attached to an aromatic ring is 1. The Balaban J connectivity index is 3.14. The second-order valence-corrected chi connectivity index (χ2v) is 4.10. The van der Waals surface area contributed by atoms with Gasteiger partial charge in [0.1, 0.15) is 5.82 Å². The smallest absolute Gasteiger partial charge is 0.252 e. The lowest BCUT2D eigenvalue weighted by atomic mass is 10.2. The zero-order valence-corrected chi connectivity index (χ0v) is 11.1. The third-order valence-corrected chi connectivity index (χ3v) is 2.56. The second-order valence-electron chi connectivity index (χ2n) is 4.10. The van der Waals surface area contributed by atoms with Gasteiger partial charge in [0, 0.05) is 13.6 Å². The van der Waals surface area contributed by atoms with Crippen molar-refractivity contribution in [1.29, 1.82) is 0 Å². The fraction of sp³-hybridized carbons (Fsp3) is 0.417. The van der Waals surface area contributed by atoms with Gasteiger partial charge in [-0.25, -0.2) is 4.98 Å². The Kier molecular flexibility index (Phi) is 5.11. The molecule has 0 saturated heterocycles. The molecule has 0 unspecified atom stereocenters. The van der Waals surface area contributed by atoms with Crippen LogP contribution in [0.2, 0.25) is 0 Å². The maximum Gasteiger partial charge on any atom is 0.252 e. The first-order valence-corrected chi connectivity index (χ1v) is 6.00. The molecule has 1 aromatic heterocycles. The number of carbonyl (C=O) groups excluding carboxylic acids is 2. The van der Waals surface area contributed by atoms with Crippen molar-refractivity contribution in [3.05, 3.63) is 17.8 Å². The van der Waals surface area contributed by atoms with Crippen molar-refractivity contribution in [3.63, 3.8) is 0 Å². The zero-order valence-electron chi connectivity index (χ0n) is 11.1. The van der Waals surface area contributed by atoms with E-state index < -0.39 is 5.91 Å². The van der Waals surface area contributed by atoms with Gasteiger partial charge in [-0.1, -0.05) is 6.92 Å². The highest BCUT2D eigenvalue weighted by Gasteiger charge is 2.18. The molecule has 0 saturated carbocycles. The lowest BCUT2D eigenvalue weighted by Gasteiger charge is -2.24. The van der Waals surface area contributed by atoms with Gasteiger partial charge in [0.25, 0.3) is 5.91 Å². The Morgan fingerprint density at radius 1 is 1.47 bits per heavy atom. The van der Waals surface area contributed by atoms with E-state index in [4.69, 9.17) is 11.5 Å². The van der Waals surface area contributed by atoms with Crippen LogP contribution >= 0.6 is 0 Å². The minimum Gasteiger partial charge on any atom is -0.397 e. The molecule has 0 spiro atoms. The lowest BCUT2D eigenvalue weighted by molar-refractivity contribution is -0.119. The van der Waals surface area contributed by atoms with Crippen molar-refractivity contribution in [2.24, 2.45) is 5.73 Å². The van der Waals surface area contributed by atoms with Crippen LogP contribution in [0, 0.1) is 0 Å². The third kappa shape index (κ3) is 3.84. The summed E-state index contributed by atoms with van der Waals surface area (Å²) in [7, 11) is 1.55. The number of anilines is 2. The van der Waals surface area contributed by atoms with Gasteiger partial charge < -0.3 is 21.7 Å². The van der Waals surface area contributed by atoms with Gasteiger partial charge >= 0.3 is 0 Å². The summed E-state index contributed by atoms with van der Waals surface area (Å²) < 4.78 is 0. The summed E-state index contributed by atoms with van der Waals surface area (Å²) in [5.74, 6) is -0.401. The average Bonchev–Trinajstić information content (AvgIpc) is 2.38. The summed E-state index contributed by atoms with van der Waals surface area (Å²) in [6.07, 6.45) is 2.25. The highest BCUT2D eigenvalue weighted by atomic mass is 16.2. The number of amides is 2. The molecule has 1 rings (SSSR count). The number of pyridine rings is 1. The van der Waals surface area contributed by atoms with Gasteiger partial charge in [0.15, 0.2) is 0 Å². The van der Waals surface area contributed by atoms with E-state index in [9.17, 15) is 9.59 Å². The van der Waals surface area contributed by atoms with Gasteiger partial charge in [-0.05, 0) is 12.5 Å². The van der Waals surface area contributed by atoms with E-state index in [0.717, 1.165) is 6.42 Å². The molecular weight excluding hydrogens is 246 g/mol. The predicted molar refractivity (Wildman–Crippen MR) is 73.7 cm³/mol. The molecule has 0 radical (unpaired) electrons. The molecule has 19 heavy (non-hydrogen) atoms. The summed E-state index contributed by atoms with van der Waals surface area (Å²) in [5, 5.41) is 2.53. The van der Waals surface area contributed by atoms with Gasteiger partial charge in [-0.3, -0.25) is 9.59 Å². The van der Waals surface area contributed by atoms with Crippen LogP contribution in [0.25, 0.3) is 0 Å². The fourth-order valence-electron chi connectivity index (χ4n) is 1.69. The molecule has 5 N–H and O–H groups in total. The molecule has 7 heteroatoms. The van der Waals surface area contributed by atoms with Crippen LogP contribution in [-0.2, 0) is 4.79 Å². The molecule has 0 fully saturated rings. The molecule has 0 bridgehead atoms. The maximum atomic E-state index is 11.5. The van der Waals surface area contributed by atoms with Gasteiger partial charge in [-0.2, -0.15) is 0 Å². The summed E-state index contributed by atoms with van der Waals surface area (Å²) in [6, 6.07) is 1.47. The van der Waals surface area contributed by atoms with Crippen LogP contribution in [0.1, 0.15) is 23.7 Å². The Bertz CT molecular complexity index is 475. The first-order valence-electron chi connectivity index (χ1n) is 6.00. The molecule has 0 aliphatic rings. The molecule has 0 aliphatic carbocycles. The summed E-state index contributed by atoms with van der Waals surface area (Å²) in [6.45, 7) is 2.67. The first-order chi connectivity index (χ1) is 8.99. The van der Waals surface area contributed by atoms with Crippen LogP contribution < -0.4 is 21.7 Å². The topological polar surface area (TPSA) is 114 Å². The lowest BCUT2D eigenvalue weighted by Crippen LogP contribution is -2.37. The first kappa shape index (κ1) is 14.7. The fourth-order valence-corrected chi connectivity index (χ4v) is 1.69. The SMILES string of the molecule is CCCN(CC(=O)NC)c1ncc(N)cc1C(N)=O. The Morgan fingerprint density at radius 2 is 2.16 bits per heavy atom. The zero-order chi connectivity index (χ0) is 14.4. The van der Waals surface area contributed by atoms with E-state index in [-0.39, 0.29) is 18.0 Å². The average molecular weight is 265 g/mol. The van der Waals surface area contributed by atoms with Gasteiger partial charge in [0.2, 0.25) is 5.91 Å². The molecule has 1 aromatic rings. The largest absolute Gasteiger partial charge is 0.397 e. The van der Waals surface area contributed by atoms with Crippen LogP contribution in [0.4, 0.5) is 11.5 Å². The van der Waals surface area contributed by atoms with E-state index in [2.05, 4.69) is 10.3 Å². The Hall–Kier alpha value is -2.31. The highest BCUT2D eigenvalue weighted by Crippen LogP contribution is 2.19. The number of nitrogens with two attached hydrogens (primary N) is 2.